The molecule has 11 heteroatoms. The molecule has 0 N–H and O–H groups in total. The molecule has 0 saturated carbocycles. The van der Waals surface area contributed by atoms with Crippen LogP contribution in [-0.2, 0) is 0 Å². The minimum Gasteiger partial charge on any atom is -0.616 e. The molecule has 3 aromatic heterocycles. The zero-order valence-electron chi connectivity index (χ0n) is 18.3. The summed E-state index contributed by atoms with van der Waals surface area (Å²) in [6.45, 7) is 7.36. The maximum Gasteiger partial charge on any atom is 0.379 e. The smallest absolute Gasteiger partial charge is 0.379 e. The van der Waals surface area contributed by atoms with Gasteiger partial charge in [-0.15, -0.1) is 4.73 Å². The number of ether oxygens (including phenoxy) is 3. The Hall–Kier alpha value is -2.42. The summed E-state index contributed by atoms with van der Waals surface area (Å²) in [5, 5.41) is 19.6. The van der Waals surface area contributed by atoms with Crippen LogP contribution in [-0.4, -0.2) is 29.8 Å². The van der Waals surface area contributed by atoms with Crippen molar-refractivity contribution in [2.75, 3.05) is 19.8 Å². The van der Waals surface area contributed by atoms with Gasteiger partial charge in [-0.05, 0) is 86.8 Å². The second kappa shape index (κ2) is 16.2. The lowest BCUT2D eigenvalue weighted by Gasteiger charge is -2.03. The summed E-state index contributed by atoms with van der Waals surface area (Å²) in [5.74, 6) is 1.48. The minimum atomic E-state index is 0.329. The van der Waals surface area contributed by atoms with Gasteiger partial charge in [0.2, 0.25) is 11.8 Å². The summed E-state index contributed by atoms with van der Waals surface area (Å²) in [7, 11) is 0. The van der Waals surface area contributed by atoms with Gasteiger partial charge in [0.1, 0.15) is 6.07 Å². The third kappa shape index (κ3) is 11.3. The van der Waals surface area contributed by atoms with Gasteiger partial charge in [0, 0.05) is 22.8 Å². The Bertz CT molecular complexity index is 1030. The molecule has 0 aliphatic carbocycles. The van der Waals surface area contributed by atoms with E-state index in [1.165, 1.54) is 6.20 Å². The highest BCUT2D eigenvalue weighted by Crippen LogP contribution is 2.17. The highest BCUT2D eigenvalue weighted by Gasteiger charge is 2.04. The molecule has 3 aromatic rings. The van der Waals surface area contributed by atoms with Gasteiger partial charge in [-0.2, -0.15) is 5.26 Å². The van der Waals surface area contributed by atoms with Crippen molar-refractivity contribution in [3.63, 3.8) is 0 Å². The highest BCUT2D eigenvalue weighted by molar-refractivity contribution is 9.11. The number of hydrogen-bond acceptors (Lipinski definition) is 7. The first-order valence-corrected chi connectivity index (χ1v) is 12.2. The topological polar surface area (TPSA) is 104 Å². The lowest BCUT2D eigenvalue weighted by Crippen LogP contribution is -2.28. The van der Waals surface area contributed by atoms with Crippen LogP contribution in [0, 0.1) is 16.5 Å². The number of halogens is 3. The maximum absolute atomic E-state index is 11.0. The molecular weight excluding hydrogens is 624 g/mol. The Balaban J connectivity index is 0.000000249. The van der Waals surface area contributed by atoms with Crippen LogP contribution >= 0.6 is 47.8 Å². The van der Waals surface area contributed by atoms with Crippen molar-refractivity contribution in [1.29, 1.82) is 5.26 Å². The van der Waals surface area contributed by atoms with Crippen LogP contribution in [0.4, 0.5) is 0 Å². The Morgan fingerprint density at radius 2 is 1.48 bits per heavy atom. The summed E-state index contributed by atoms with van der Waals surface area (Å²) in [6.07, 6.45) is 3.12. The Morgan fingerprint density at radius 3 is 2.03 bits per heavy atom. The molecule has 3 rings (SSSR count). The highest BCUT2D eigenvalue weighted by atomic mass is 79.9. The van der Waals surface area contributed by atoms with E-state index >= 15 is 0 Å². The fourth-order valence-corrected chi connectivity index (χ4v) is 2.89. The van der Waals surface area contributed by atoms with Crippen molar-refractivity contribution in [2.24, 2.45) is 0 Å². The molecule has 0 unspecified atom stereocenters. The van der Waals surface area contributed by atoms with Gasteiger partial charge in [0.25, 0.3) is 0 Å². The third-order valence-corrected chi connectivity index (χ3v) is 4.92. The van der Waals surface area contributed by atoms with E-state index in [0.29, 0.717) is 52.4 Å². The van der Waals surface area contributed by atoms with Crippen molar-refractivity contribution < 1.29 is 18.9 Å². The van der Waals surface area contributed by atoms with Crippen LogP contribution in [0.1, 0.15) is 26.5 Å². The van der Waals surface area contributed by atoms with Gasteiger partial charge in [0.15, 0.2) is 11.9 Å². The average Bonchev–Trinajstić information content (AvgIpc) is 2.80. The number of pyridine rings is 3. The molecule has 0 saturated heterocycles. The quantitative estimate of drug-likeness (QED) is 0.245. The van der Waals surface area contributed by atoms with Crippen LogP contribution in [0.2, 0.25) is 0 Å². The second-order valence-corrected chi connectivity index (χ2v) is 8.40. The van der Waals surface area contributed by atoms with E-state index in [1.54, 1.807) is 30.5 Å². The molecule has 33 heavy (non-hydrogen) atoms. The first kappa shape index (κ1) is 28.6. The number of nitrogens with zero attached hydrogens (tertiary/aromatic N) is 4. The average molecular weight is 647 g/mol. The van der Waals surface area contributed by atoms with Crippen LogP contribution in [0.5, 0.6) is 17.6 Å². The third-order valence-electron chi connectivity index (χ3n) is 3.35. The normalized spacial score (nSPS) is 9.36. The zero-order chi connectivity index (χ0) is 24.6. The van der Waals surface area contributed by atoms with Crippen LogP contribution in [0.3, 0.4) is 0 Å². The van der Waals surface area contributed by atoms with Crippen molar-refractivity contribution >= 4 is 47.8 Å². The fraction of sp³-hybridized carbons (Fsp3) is 0.273. The van der Waals surface area contributed by atoms with Crippen molar-refractivity contribution in [3.8, 4) is 23.7 Å². The van der Waals surface area contributed by atoms with E-state index in [4.69, 9.17) is 19.5 Å². The van der Waals surface area contributed by atoms with E-state index in [-0.39, 0.29) is 0 Å². The van der Waals surface area contributed by atoms with Gasteiger partial charge in [0.05, 0.1) is 34.8 Å². The predicted molar refractivity (Wildman–Crippen MR) is 135 cm³/mol. The molecule has 0 aromatic carbocycles. The van der Waals surface area contributed by atoms with Crippen LogP contribution in [0.25, 0.3) is 0 Å². The molecule has 176 valence electrons. The summed E-state index contributed by atoms with van der Waals surface area (Å²) < 4.78 is 18.4. The van der Waals surface area contributed by atoms with E-state index in [2.05, 4.69) is 57.8 Å². The molecule has 0 amide bonds. The standard InChI is InChI=1S/C8H7BrN2O.C7H8BrNO2.C7H8BrNO/c1-2-12-8-4-3-6(9)7(5-10)11-8;1-2-11-7-4-3-6(8)5-9(7)10;1-2-10-7-4-3-6(8)5-9-7/h3-4H,2H2,1H3;3-5H,2H2,1H3;3-5H,2H2,1H3. The molecule has 0 bridgehead atoms. The van der Waals surface area contributed by atoms with Gasteiger partial charge in [-0.3, -0.25) is 0 Å². The number of hydrogen-bond donors (Lipinski definition) is 0. The zero-order valence-corrected chi connectivity index (χ0v) is 23.1. The largest absolute Gasteiger partial charge is 0.616 e. The molecule has 0 spiro atoms. The lowest BCUT2D eigenvalue weighted by atomic mass is 10.4. The van der Waals surface area contributed by atoms with Crippen LogP contribution in [0.15, 0.2) is 62.2 Å². The van der Waals surface area contributed by atoms with E-state index < -0.39 is 0 Å². The number of aromatic nitrogens is 3. The predicted octanol–water partition coefficient (Wildman–Crippen LogP) is 5.84. The van der Waals surface area contributed by atoms with Gasteiger partial charge < -0.3 is 19.4 Å². The minimum absolute atomic E-state index is 0.329. The first-order valence-electron chi connectivity index (χ1n) is 9.79. The Morgan fingerprint density at radius 1 is 0.879 bits per heavy atom. The van der Waals surface area contributed by atoms with Crippen LogP contribution < -0.4 is 18.9 Å². The molecule has 0 fully saturated rings. The molecule has 0 aliphatic heterocycles. The Labute approximate surface area is 218 Å². The monoisotopic (exact) mass is 644 g/mol. The molecule has 0 aliphatic rings. The molecule has 3 heterocycles. The molecule has 8 nitrogen and oxygen atoms in total. The fourth-order valence-electron chi connectivity index (χ4n) is 2.03. The molecule has 0 atom stereocenters. The summed E-state index contributed by atoms with van der Waals surface area (Å²) in [5.41, 5.74) is 0.348. The SMILES string of the molecule is CCOc1ccc(Br)c(C#N)n1.CCOc1ccc(Br)c[n+]1[O-].CCOc1ccc(Br)cn1. The Kier molecular flexibility index (Phi) is 14.1. The van der Waals surface area contributed by atoms with E-state index in [1.807, 2.05) is 39.0 Å². The van der Waals surface area contributed by atoms with E-state index in [0.717, 1.165) is 8.95 Å². The van der Waals surface area contributed by atoms with E-state index in [9.17, 15) is 5.21 Å². The van der Waals surface area contributed by atoms with Gasteiger partial charge in [-0.1, -0.05) is 0 Å². The summed E-state index contributed by atoms with van der Waals surface area (Å²) >= 11 is 9.65. The molecular formula is C22H23Br3N4O4. The van der Waals surface area contributed by atoms with Gasteiger partial charge >= 0.3 is 5.88 Å². The lowest BCUT2D eigenvalue weighted by molar-refractivity contribution is -0.613. The van der Waals surface area contributed by atoms with Crippen molar-refractivity contribution in [3.05, 3.63) is 73.1 Å². The number of rotatable bonds is 6. The number of nitriles is 1. The second-order valence-electron chi connectivity index (χ2n) is 5.72. The summed E-state index contributed by atoms with van der Waals surface area (Å²) in [6, 6.07) is 12.5. The van der Waals surface area contributed by atoms with Crippen molar-refractivity contribution in [1.82, 2.24) is 9.97 Å². The molecule has 0 radical (unpaired) electrons. The van der Waals surface area contributed by atoms with Gasteiger partial charge in [-0.25, -0.2) is 9.97 Å². The summed E-state index contributed by atoms with van der Waals surface area (Å²) in [4.78, 5) is 7.95. The van der Waals surface area contributed by atoms with Crippen molar-refractivity contribution in [2.45, 2.75) is 20.8 Å². The maximum atomic E-state index is 11.0. The first-order chi connectivity index (χ1) is 15.8.